The van der Waals surface area contributed by atoms with Gasteiger partial charge in [-0.2, -0.15) is 4.68 Å². The molecule has 0 aliphatic rings. The smallest absolute Gasteiger partial charge is 0.350 e. The van der Waals surface area contributed by atoms with Crippen molar-refractivity contribution in [3.05, 3.63) is 57.5 Å². The van der Waals surface area contributed by atoms with Crippen LogP contribution in [-0.4, -0.2) is 47.3 Å². The number of nitrogens with zero attached hydrogens (tertiary/aromatic N) is 3. The van der Waals surface area contributed by atoms with Gasteiger partial charge in [-0.15, -0.1) is 11.3 Å². The van der Waals surface area contributed by atoms with E-state index < -0.39 is 11.9 Å². The molecule has 1 aromatic carbocycles. The highest BCUT2D eigenvalue weighted by Gasteiger charge is 2.30. The zero-order chi connectivity index (χ0) is 21.1. The topological polar surface area (TPSA) is 91.4 Å². The van der Waals surface area contributed by atoms with Crippen LogP contribution in [-0.2, 0) is 9.47 Å². The van der Waals surface area contributed by atoms with E-state index in [4.69, 9.17) is 9.47 Å². The van der Waals surface area contributed by atoms with Crippen LogP contribution in [0.3, 0.4) is 0 Å². The average molecular weight is 415 g/mol. The van der Waals surface area contributed by atoms with Gasteiger partial charge in [0.25, 0.3) is 5.91 Å². The van der Waals surface area contributed by atoms with Gasteiger partial charge in [-0.3, -0.25) is 9.79 Å². The molecule has 0 bridgehead atoms. The average Bonchev–Trinajstić information content (AvgIpc) is 3.22. The van der Waals surface area contributed by atoms with Gasteiger partial charge < -0.3 is 9.47 Å². The van der Waals surface area contributed by atoms with Gasteiger partial charge in [0.05, 0.1) is 18.9 Å². The summed E-state index contributed by atoms with van der Waals surface area (Å²) >= 11 is 1.07. The Morgan fingerprint density at radius 1 is 1.03 bits per heavy atom. The van der Waals surface area contributed by atoms with Gasteiger partial charge in [0.2, 0.25) is 0 Å². The van der Waals surface area contributed by atoms with Crippen LogP contribution in [0.25, 0.3) is 4.83 Å². The molecule has 0 saturated carbocycles. The van der Waals surface area contributed by atoms with Crippen molar-refractivity contribution in [3.63, 3.8) is 0 Å². The highest BCUT2D eigenvalue weighted by molar-refractivity contribution is 7.19. The van der Waals surface area contributed by atoms with E-state index in [1.54, 1.807) is 51.1 Å². The van der Waals surface area contributed by atoms with Crippen LogP contribution >= 0.6 is 11.3 Å². The number of hydrogen-bond acceptors (Lipinski definition) is 7. The van der Waals surface area contributed by atoms with Crippen molar-refractivity contribution in [1.82, 2.24) is 9.20 Å². The lowest BCUT2D eigenvalue weighted by atomic mass is 10.2. The van der Waals surface area contributed by atoms with Gasteiger partial charge in [0.1, 0.15) is 15.3 Å². The molecule has 0 radical (unpaired) electrons. The fourth-order valence-electron chi connectivity index (χ4n) is 3.02. The Balaban J connectivity index is 2.38. The summed E-state index contributed by atoms with van der Waals surface area (Å²) in [5.41, 5.74) is 1.21. The summed E-state index contributed by atoms with van der Waals surface area (Å²) in [6.07, 6.45) is 0. The Hall–Kier alpha value is -3.20. The monoisotopic (exact) mass is 415 g/mol. The normalized spacial score (nSPS) is 11.7. The zero-order valence-electron chi connectivity index (χ0n) is 16.6. The number of esters is 2. The fourth-order valence-corrected chi connectivity index (χ4v) is 4.17. The molecule has 3 rings (SSSR count). The number of carbonyl (C=O) groups excluding carboxylic acids is 3. The minimum Gasteiger partial charge on any atom is -0.462 e. The van der Waals surface area contributed by atoms with E-state index in [2.05, 4.69) is 4.99 Å². The minimum atomic E-state index is -0.609. The molecule has 0 saturated heterocycles. The molecule has 0 aliphatic heterocycles. The molecule has 9 heteroatoms. The number of fused-ring (bicyclic) bond motifs is 1. The highest BCUT2D eigenvalue weighted by Crippen LogP contribution is 2.27. The number of hydrogen-bond donors (Lipinski definition) is 0. The Morgan fingerprint density at radius 3 is 2.24 bits per heavy atom. The summed E-state index contributed by atoms with van der Waals surface area (Å²) < 4.78 is 13.1. The van der Waals surface area contributed by atoms with Crippen molar-refractivity contribution in [3.8, 4) is 0 Å². The third-order valence-corrected chi connectivity index (χ3v) is 5.48. The molecule has 0 fully saturated rings. The third-order valence-electron chi connectivity index (χ3n) is 4.24. The van der Waals surface area contributed by atoms with Crippen LogP contribution in [0.1, 0.15) is 49.9 Å². The predicted octanol–water partition coefficient (Wildman–Crippen LogP) is 2.68. The Labute approximate surface area is 171 Å². The molecule has 0 amide bonds. The van der Waals surface area contributed by atoms with E-state index >= 15 is 0 Å². The molecule has 0 spiro atoms. The first-order valence-electron chi connectivity index (χ1n) is 9.10. The first-order valence-corrected chi connectivity index (χ1v) is 9.91. The fraction of sp³-hybridized carbons (Fsp3) is 0.300. The van der Waals surface area contributed by atoms with Crippen LogP contribution < -0.4 is 5.49 Å². The molecular formula is C20H21N3O5S. The maximum absolute atomic E-state index is 13.3. The van der Waals surface area contributed by atoms with Crippen molar-refractivity contribution >= 4 is 34.0 Å². The number of rotatable bonds is 5. The Bertz CT molecular complexity index is 1150. The predicted molar refractivity (Wildman–Crippen MR) is 108 cm³/mol. The number of aryl methyl sites for hydroxylation is 1. The number of carbonyl (C=O) groups is 3. The second-order valence-electron chi connectivity index (χ2n) is 5.98. The van der Waals surface area contributed by atoms with E-state index in [1.807, 2.05) is 0 Å². The van der Waals surface area contributed by atoms with Crippen LogP contribution in [0.5, 0.6) is 0 Å². The standard InChI is InChI=1S/C20H21N3O5S/c1-5-27-19(25)14-16(21-4)23(17(24)13-10-8-7-9-11-13)22-12(3)15(29-18(14)22)20(26)28-6-2/h7-11H,5-6H2,1-4H3. The van der Waals surface area contributed by atoms with Crippen molar-refractivity contribution in [2.24, 2.45) is 4.99 Å². The lowest BCUT2D eigenvalue weighted by Gasteiger charge is -2.07. The van der Waals surface area contributed by atoms with Crippen molar-refractivity contribution in [1.29, 1.82) is 0 Å². The SMILES string of the molecule is CCOC(=O)c1sc2c(C(=O)OCC)c(=NC)n(C(=O)c3ccccc3)n2c1C. The molecule has 152 valence electrons. The largest absolute Gasteiger partial charge is 0.462 e. The molecule has 0 unspecified atom stereocenters. The summed E-state index contributed by atoms with van der Waals surface area (Å²) in [6.45, 7) is 5.49. The van der Waals surface area contributed by atoms with E-state index in [0.29, 0.717) is 21.0 Å². The van der Waals surface area contributed by atoms with Crippen LogP contribution in [0.15, 0.2) is 35.3 Å². The summed E-state index contributed by atoms with van der Waals surface area (Å²) in [5, 5.41) is 0. The maximum atomic E-state index is 13.3. The second-order valence-corrected chi connectivity index (χ2v) is 6.98. The quantitative estimate of drug-likeness (QED) is 0.598. The number of ether oxygens (including phenoxy) is 2. The van der Waals surface area contributed by atoms with Gasteiger partial charge in [-0.25, -0.2) is 14.1 Å². The third kappa shape index (κ3) is 3.49. The van der Waals surface area contributed by atoms with Crippen LogP contribution in [0.4, 0.5) is 0 Å². The molecular weight excluding hydrogens is 394 g/mol. The summed E-state index contributed by atoms with van der Waals surface area (Å²) in [7, 11) is 1.50. The minimum absolute atomic E-state index is 0.141. The first kappa shape index (κ1) is 20.5. The molecule has 0 aliphatic carbocycles. The summed E-state index contributed by atoms with van der Waals surface area (Å²) in [4.78, 5) is 43.3. The molecule has 0 N–H and O–H groups in total. The van der Waals surface area contributed by atoms with Crippen molar-refractivity contribution in [2.45, 2.75) is 20.8 Å². The summed E-state index contributed by atoms with van der Waals surface area (Å²) in [6, 6.07) is 8.65. The molecule has 8 nitrogen and oxygen atoms in total. The van der Waals surface area contributed by atoms with Gasteiger partial charge in [0.15, 0.2) is 5.49 Å². The van der Waals surface area contributed by atoms with Crippen molar-refractivity contribution in [2.75, 3.05) is 20.3 Å². The van der Waals surface area contributed by atoms with Gasteiger partial charge in [-0.05, 0) is 32.9 Å². The molecule has 0 atom stereocenters. The van der Waals surface area contributed by atoms with Crippen LogP contribution in [0.2, 0.25) is 0 Å². The van der Waals surface area contributed by atoms with Gasteiger partial charge in [-0.1, -0.05) is 18.2 Å². The van der Waals surface area contributed by atoms with E-state index in [9.17, 15) is 14.4 Å². The lowest BCUT2D eigenvalue weighted by molar-refractivity contribution is 0.0517. The first-order chi connectivity index (χ1) is 14.0. The van der Waals surface area contributed by atoms with Gasteiger partial charge >= 0.3 is 11.9 Å². The second kappa shape index (κ2) is 8.44. The zero-order valence-corrected chi connectivity index (χ0v) is 17.4. The summed E-state index contributed by atoms with van der Waals surface area (Å²) in [5.74, 6) is -1.50. The van der Waals surface area contributed by atoms with Gasteiger partial charge in [0, 0.05) is 12.6 Å². The lowest BCUT2D eigenvalue weighted by Crippen LogP contribution is -2.32. The maximum Gasteiger partial charge on any atom is 0.350 e. The Morgan fingerprint density at radius 2 is 1.66 bits per heavy atom. The molecule has 2 heterocycles. The van der Waals surface area contributed by atoms with Crippen LogP contribution in [0, 0.1) is 6.92 Å². The molecule has 29 heavy (non-hydrogen) atoms. The van der Waals surface area contributed by atoms with Crippen molar-refractivity contribution < 1.29 is 23.9 Å². The number of aromatic nitrogens is 2. The van der Waals surface area contributed by atoms with E-state index in [0.717, 1.165) is 11.3 Å². The molecule has 2 aromatic heterocycles. The highest BCUT2D eigenvalue weighted by atomic mass is 32.1. The van der Waals surface area contributed by atoms with E-state index in [-0.39, 0.29) is 30.2 Å². The number of thiazole rings is 1. The molecule has 3 aromatic rings. The van der Waals surface area contributed by atoms with E-state index in [1.165, 1.54) is 16.2 Å². The number of benzene rings is 1. The Kier molecular flexibility index (Phi) is 5.97.